The Bertz CT molecular complexity index is 552. The highest BCUT2D eigenvalue weighted by Gasteiger charge is 2.18. The molecule has 0 aliphatic rings. The fourth-order valence-electron chi connectivity index (χ4n) is 1.82. The number of aromatic nitrogens is 2. The molecule has 0 aromatic carbocycles. The molecule has 0 radical (unpaired) electrons. The zero-order chi connectivity index (χ0) is 14.0. The quantitative estimate of drug-likeness (QED) is 0.845. The van der Waals surface area contributed by atoms with Crippen LogP contribution in [0.5, 0.6) is 0 Å². The lowest BCUT2D eigenvalue weighted by Crippen LogP contribution is -2.31. The molecule has 0 N–H and O–H groups in total. The Morgan fingerprint density at radius 1 is 1.26 bits per heavy atom. The molecule has 2 aromatic heterocycles. The van der Waals surface area contributed by atoms with Crippen LogP contribution in [-0.4, -0.2) is 16.0 Å². The van der Waals surface area contributed by atoms with Gasteiger partial charge in [0.2, 0.25) is 0 Å². The van der Waals surface area contributed by atoms with E-state index in [4.69, 9.17) is 11.6 Å². The summed E-state index contributed by atoms with van der Waals surface area (Å²) in [5.74, 6) is 0.771. The third-order valence-corrected chi connectivity index (χ3v) is 4.16. The molecule has 0 bridgehead atoms. The van der Waals surface area contributed by atoms with Crippen molar-refractivity contribution < 1.29 is 0 Å². The van der Waals surface area contributed by atoms with Crippen molar-refractivity contribution in [2.45, 2.75) is 40.3 Å². The first-order valence-corrected chi connectivity index (χ1v) is 7.54. The second-order valence-corrected chi connectivity index (χ2v) is 6.20. The maximum atomic E-state index is 6.27. The van der Waals surface area contributed by atoms with Crippen LogP contribution >= 0.6 is 22.9 Å². The first-order chi connectivity index (χ1) is 8.99. The normalized spacial score (nSPS) is 11.1. The minimum atomic E-state index is 0.316. The van der Waals surface area contributed by atoms with Crippen LogP contribution in [0.1, 0.15) is 30.1 Å². The zero-order valence-electron chi connectivity index (χ0n) is 11.6. The minimum absolute atomic E-state index is 0.316. The second kappa shape index (κ2) is 5.88. The van der Waals surface area contributed by atoms with Crippen LogP contribution in [0.25, 0.3) is 0 Å². The molecule has 19 heavy (non-hydrogen) atoms. The lowest BCUT2D eigenvalue weighted by Gasteiger charge is -2.28. The molecule has 5 heteroatoms. The molecule has 0 fully saturated rings. The van der Waals surface area contributed by atoms with Crippen LogP contribution in [0.2, 0.25) is 5.15 Å². The van der Waals surface area contributed by atoms with Crippen LogP contribution in [0.3, 0.4) is 0 Å². The third kappa shape index (κ3) is 3.25. The fourth-order valence-corrected chi connectivity index (χ4v) is 2.80. The number of anilines is 1. The number of hydrogen-bond donors (Lipinski definition) is 0. The lowest BCUT2D eigenvalue weighted by molar-refractivity contribution is 0.673. The van der Waals surface area contributed by atoms with E-state index in [-0.39, 0.29) is 0 Å². The zero-order valence-corrected chi connectivity index (χ0v) is 13.2. The van der Waals surface area contributed by atoms with Gasteiger partial charge in [0.25, 0.3) is 0 Å². The summed E-state index contributed by atoms with van der Waals surface area (Å²) in [7, 11) is 0. The Hall–Kier alpha value is -1.13. The van der Waals surface area contributed by atoms with E-state index in [0.717, 1.165) is 23.8 Å². The molecule has 2 heterocycles. The molecule has 0 unspecified atom stereocenters. The molecular weight excluding hydrogens is 278 g/mol. The Morgan fingerprint density at radius 2 is 1.95 bits per heavy atom. The number of halogens is 1. The van der Waals surface area contributed by atoms with E-state index in [1.54, 1.807) is 11.3 Å². The van der Waals surface area contributed by atoms with Gasteiger partial charge in [0.1, 0.15) is 0 Å². The molecule has 3 nitrogen and oxygen atoms in total. The summed E-state index contributed by atoms with van der Waals surface area (Å²) in [6.07, 6.45) is 0. The van der Waals surface area contributed by atoms with E-state index in [0.29, 0.717) is 11.2 Å². The highest BCUT2D eigenvalue weighted by molar-refractivity contribution is 7.09. The lowest BCUT2D eigenvalue weighted by atomic mass is 10.3. The van der Waals surface area contributed by atoms with Crippen LogP contribution in [0.15, 0.2) is 17.5 Å². The predicted octanol–water partition coefficient (Wildman–Crippen LogP) is 4.22. The third-order valence-electron chi connectivity index (χ3n) is 3.05. The molecule has 102 valence electrons. The molecule has 0 atom stereocenters. The van der Waals surface area contributed by atoms with Crippen molar-refractivity contribution in [3.05, 3.63) is 38.9 Å². The van der Waals surface area contributed by atoms with Crippen molar-refractivity contribution in [3.63, 3.8) is 0 Å². The van der Waals surface area contributed by atoms with Crippen molar-refractivity contribution in [2.75, 3.05) is 4.90 Å². The van der Waals surface area contributed by atoms with Gasteiger partial charge in [-0.3, -0.25) is 0 Å². The second-order valence-electron chi connectivity index (χ2n) is 4.81. The van der Waals surface area contributed by atoms with Gasteiger partial charge < -0.3 is 4.90 Å². The van der Waals surface area contributed by atoms with Gasteiger partial charge in [-0.2, -0.15) is 0 Å². The van der Waals surface area contributed by atoms with E-state index < -0.39 is 0 Å². The van der Waals surface area contributed by atoms with Crippen molar-refractivity contribution >= 4 is 28.8 Å². The van der Waals surface area contributed by atoms with E-state index in [1.165, 1.54) is 4.88 Å². The van der Waals surface area contributed by atoms with E-state index >= 15 is 0 Å². The van der Waals surface area contributed by atoms with Gasteiger partial charge in [-0.25, -0.2) is 9.97 Å². The Kier molecular flexibility index (Phi) is 4.42. The van der Waals surface area contributed by atoms with Gasteiger partial charge in [-0.15, -0.1) is 11.3 Å². The van der Waals surface area contributed by atoms with Crippen molar-refractivity contribution in [3.8, 4) is 0 Å². The molecule has 0 amide bonds. The highest BCUT2D eigenvalue weighted by atomic mass is 35.5. The summed E-state index contributed by atoms with van der Waals surface area (Å²) >= 11 is 8.01. The Labute approximate surface area is 123 Å². The van der Waals surface area contributed by atoms with E-state index in [1.807, 2.05) is 13.8 Å². The van der Waals surface area contributed by atoms with Crippen molar-refractivity contribution in [1.82, 2.24) is 9.97 Å². The largest absolute Gasteiger partial charge is 0.346 e. The molecule has 2 rings (SSSR count). The minimum Gasteiger partial charge on any atom is -0.346 e. The molecule has 0 saturated heterocycles. The van der Waals surface area contributed by atoms with Gasteiger partial charge in [-0.1, -0.05) is 17.7 Å². The summed E-state index contributed by atoms with van der Waals surface area (Å²) in [4.78, 5) is 12.5. The van der Waals surface area contributed by atoms with Crippen LogP contribution in [0, 0.1) is 13.8 Å². The maximum absolute atomic E-state index is 6.27. The highest BCUT2D eigenvalue weighted by Crippen LogP contribution is 2.27. The molecule has 0 spiro atoms. The number of nitrogens with zero attached hydrogens (tertiary/aromatic N) is 3. The molecule has 2 aromatic rings. The average Bonchev–Trinajstić information content (AvgIpc) is 2.84. The average molecular weight is 296 g/mol. The van der Waals surface area contributed by atoms with Crippen LogP contribution < -0.4 is 4.90 Å². The van der Waals surface area contributed by atoms with Gasteiger partial charge in [0.05, 0.1) is 17.9 Å². The Balaban J connectivity index is 2.36. The Morgan fingerprint density at radius 3 is 2.53 bits per heavy atom. The first kappa shape index (κ1) is 14.3. The SMILES string of the molecule is Cc1nc(Cl)c(N(Cc2cccs2)C(C)C)nc1C. The molecule has 0 aliphatic heterocycles. The van der Waals surface area contributed by atoms with Crippen LogP contribution in [-0.2, 0) is 6.54 Å². The summed E-state index contributed by atoms with van der Waals surface area (Å²) in [5.41, 5.74) is 1.81. The summed E-state index contributed by atoms with van der Waals surface area (Å²) < 4.78 is 0. The summed E-state index contributed by atoms with van der Waals surface area (Å²) in [5, 5.41) is 2.56. The van der Waals surface area contributed by atoms with E-state index in [9.17, 15) is 0 Å². The van der Waals surface area contributed by atoms with Crippen molar-refractivity contribution in [2.24, 2.45) is 0 Å². The first-order valence-electron chi connectivity index (χ1n) is 6.28. The summed E-state index contributed by atoms with van der Waals surface area (Å²) in [6.45, 7) is 8.98. The molecule has 0 aliphatic carbocycles. The van der Waals surface area contributed by atoms with Gasteiger partial charge in [-0.05, 0) is 39.1 Å². The van der Waals surface area contributed by atoms with E-state index in [2.05, 4.69) is 46.2 Å². The fraction of sp³-hybridized carbons (Fsp3) is 0.429. The van der Waals surface area contributed by atoms with Gasteiger partial charge >= 0.3 is 0 Å². The maximum Gasteiger partial charge on any atom is 0.171 e. The predicted molar refractivity (Wildman–Crippen MR) is 82.2 cm³/mol. The van der Waals surface area contributed by atoms with Gasteiger partial charge in [0, 0.05) is 10.9 Å². The molecular formula is C14H18ClN3S. The van der Waals surface area contributed by atoms with Gasteiger partial charge in [0.15, 0.2) is 11.0 Å². The summed E-state index contributed by atoms with van der Waals surface area (Å²) in [6, 6.07) is 4.50. The topological polar surface area (TPSA) is 29.0 Å². The number of aryl methyl sites for hydroxylation is 2. The van der Waals surface area contributed by atoms with Crippen molar-refractivity contribution in [1.29, 1.82) is 0 Å². The number of rotatable bonds is 4. The number of hydrogen-bond acceptors (Lipinski definition) is 4. The smallest absolute Gasteiger partial charge is 0.171 e. The van der Waals surface area contributed by atoms with Crippen LogP contribution in [0.4, 0.5) is 5.82 Å². The molecule has 0 saturated carbocycles. The monoisotopic (exact) mass is 295 g/mol. The standard InChI is InChI=1S/C14H18ClN3S/c1-9(2)18(8-12-6-5-7-19-12)14-13(15)16-10(3)11(4)17-14/h5-7,9H,8H2,1-4H3. The number of thiophene rings is 1.